The minimum Gasteiger partial charge on any atom is -0.461 e. The molecule has 1 atom stereocenters. The average Bonchev–Trinajstić information content (AvgIpc) is 2.52. The van der Waals surface area contributed by atoms with E-state index in [0.29, 0.717) is 12.6 Å². The van der Waals surface area contributed by atoms with Crippen molar-refractivity contribution in [1.29, 1.82) is 0 Å². The van der Waals surface area contributed by atoms with Gasteiger partial charge in [0.05, 0.1) is 0 Å². The van der Waals surface area contributed by atoms with Crippen molar-refractivity contribution in [3.8, 4) is 0 Å². The molecule has 0 aromatic carbocycles. The zero-order chi connectivity index (χ0) is 8.10. The molecule has 0 bridgehead atoms. The fourth-order valence-corrected chi connectivity index (χ4v) is 1.14. The lowest BCUT2D eigenvalue weighted by molar-refractivity contribution is -0.138. The zero-order valence-corrected chi connectivity index (χ0v) is 6.51. The van der Waals surface area contributed by atoms with E-state index in [1.807, 2.05) is 0 Å². The highest BCUT2D eigenvalue weighted by molar-refractivity contribution is 5.81. The van der Waals surface area contributed by atoms with Gasteiger partial charge in [-0.05, 0) is 19.4 Å². The lowest BCUT2D eigenvalue weighted by Gasteiger charge is -2.08. The molecule has 11 heavy (non-hydrogen) atoms. The Kier molecular flexibility index (Phi) is 3.11. The van der Waals surface area contributed by atoms with Gasteiger partial charge in [-0.15, -0.1) is 0 Å². The highest BCUT2D eigenvalue weighted by Gasteiger charge is 2.14. The summed E-state index contributed by atoms with van der Waals surface area (Å²) in [4.78, 5) is 10.6. The Morgan fingerprint density at radius 1 is 1.82 bits per heavy atom. The van der Waals surface area contributed by atoms with Gasteiger partial charge in [-0.3, -0.25) is 0 Å². The number of ether oxygens (including phenoxy) is 1. The molecular formula is C8H13NO2. The van der Waals surface area contributed by atoms with Crippen LogP contribution in [0.3, 0.4) is 0 Å². The summed E-state index contributed by atoms with van der Waals surface area (Å²) in [6, 6.07) is 0.360. The van der Waals surface area contributed by atoms with E-state index in [2.05, 4.69) is 11.9 Å². The van der Waals surface area contributed by atoms with E-state index in [1.165, 1.54) is 12.5 Å². The summed E-state index contributed by atoms with van der Waals surface area (Å²) in [6.07, 6.45) is 3.47. The molecule has 1 saturated heterocycles. The molecule has 3 nitrogen and oxygen atoms in total. The molecule has 1 heterocycles. The third-order valence-electron chi connectivity index (χ3n) is 1.76. The Morgan fingerprint density at radius 3 is 3.18 bits per heavy atom. The van der Waals surface area contributed by atoms with Crippen LogP contribution in [-0.2, 0) is 9.53 Å². The van der Waals surface area contributed by atoms with Gasteiger partial charge in [0.1, 0.15) is 6.61 Å². The van der Waals surface area contributed by atoms with Crippen molar-refractivity contribution in [1.82, 2.24) is 5.32 Å². The number of rotatable bonds is 3. The number of hydrogen-bond donors (Lipinski definition) is 1. The number of hydrogen-bond acceptors (Lipinski definition) is 3. The Bertz CT molecular complexity index is 150. The maximum atomic E-state index is 10.6. The second-order valence-corrected chi connectivity index (χ2v) is 2.63. The number of nitrogens with one attached hydrogen (secondary N) is 1. The van der Waals surface area contributed by atoms with E-state index in [-0.39, 0.29) is 5.97 Å². The van der Waals surface area contributed by atoms with Crippen LogP contribution in [0.25, 0.3) is 0 Å². The summed E-state index contributed by atoms with van der Waals surface area (Å²) < 4.78 is 4.86. The van der Waals surface area contributed by atoms with Gasteiger partial charge in [0.2, 0.25) is 0 Å². The molecule has 3 heteroatoms. The number of carbonyl (C=O) groups excluding carboxylic acids is 1. The van der Waals surface area contributed by atoms with Crippen molar-refractivity contribution in [2.45, 2.75) is 18.9 Å². The van der Waals surface area contributed by atoms with Gasteiger partial charge in [0.15, 0.2) is 0 Å². The second-order valence-electron chi connectivity index (χ2n) is 2.63. The van der Waals surface area contributed by atoms with Crippen LogP contribution in [0.1, 0.15) is 12.8 Å². The van der Waals surface area contributed by atoms with Gasteiger partial charge in [0.25, 0.3) is 0 Å². The zero-order valence-electron chi connectivity index (χ0n) is 6.51. The predicted octanol–water partition coefficient (Wildman–Crippen LogP) is 0.468. The SMILES string of the molecule is C=CC(=O)OCC1CCCN1. The molecule has 1 fully saturated rings. The monoisotopic (exact) mass is 155 g/mol. The topological polar surface area (TPSA) is 38.3 Å². The molecule has 0 spiro atoms. The summed E-state index contributed by atoms with van der Waals surface area (Å²) in [5, 5.41) is 3.22. The van der Waals surface area contributed by atoms with Crippen LogP contribution in [0.5, 0.6) is 0 Å². The first-order valence-corrected chi connectivity index (χ1v) is 3.85. The molecule has 0 aliphatic carbocycles. The molecule has 1 unspecified atom stereocenters. The van der Waals surface area contributed by atoms with Crippen molar-refractivity contribution in [2.75, 3.05) is 13.2 Å². The van der Waals surface area contributed by atoms with E-state index in [1.54, 1.807) is 0 Å². The summed E-state index contributed by atoms with van der Waals surface area (Å²) in [6.45, 7) is 4.83. The Balaban J connectivity index is 2.10. The summed E-state index contributed by atoms with van der Waals surface area (Å²) in [7, 11) is 0. The maximum Gasteiger partial charge on any atom is 0.330 e. The molecule has 1 aliphatic heterocycles. The fourth-order valence-electron chi connectivity index (χ4n) is 1.14. The molecule has 0 aromatic rings. The Morgan fingerprint density at radius 2 is 2.64 bits per heavy atom. The minimum atomic E-state index is -0.335. The molecule has 0 radical (unpaired) electrons. The van der Waals surface area contributed by atoms with E-state index in [0.717, 1.165) is 13.0 Å². The van der Waals surface area contributed by atoms with Crippen LogP contribution in [0.15, 0.2) is 12.7 Å². The first kappa shape index (κ1) is 8.27. The van der Waals surface area contributed by atoms with Gasteiger partial charge in [-0.1, -0.05) is 6.58 Å². The van der Waals surface area contributed by atoms with Crippen LogP contribution in [0.4, 0.5) is 0 Å². The highest BCUT2D eigenvalue weighted by atomic mass is 16.5. The first-order valence-electron chi connectivity index (χ1n) is 3.85. The van der Waals surface area contributed by atoms with Crippen molar-refractivity contribution < 1.29 is 9.53 Å². The summed E-state index contributed by atoms with van der Waals surface area (Å²) in [5.41, 5.74) is 0. The van der Waals surface area contributed by atoms with E-state index in [4.69, 9.17) is 4.74 Å². The number of carbonyl (C=O) groups is 1. The van der Waals surface area contributed by atoms with E-state index in [9.17, 15) is 4.79 Å². The van der Waals surface area contributed by atoms with Gasteiger partial charge in [0, 0.05) is 12.1 Å². The van der Waals surface area contributed by atoms with E-state index < -0.39 is 0 Å². The molecule has 1 N–H and O–H groups in total. The fraction of sp³-hybridized carbons (Fsp3) is 0.625. The third-order valence-corrected chi connectivity index (χ3v) is 1.76. The minimum absolute atomic E-state index is 0.335. The van der Waals surface area contributed by atoms with Gasteiger partial charge < -0.3 is 10.1 Å². The molecule has 1 aliphatic rings. The van der Waals surface area contributed by atoms with Crippen molar-refractivity contribution in [3.05, 3.63) is 12.7 Å². The summed E-state index contributed by atoms with van der Waals surface area (Å²) >= 11 is 0. The van der Waals surface area contributed by atoms with Crippen LogP contribution < -0.4 is 5.32 Å². The Hall–Kier alpha value is -0.830. The highest BCUT2D eigenvalue weighted by Crippen LogP contribution is 2.04. The quantitative estimate of drug-likeness (QED) is 0.475. The largest absolute Gasteiger partial charge is 0.461 e. The van der Waals surface area contributed by atoms with Gasteiger partial charge >= 0.3 is 5.97 Å². The number of esters is 1. The normalized spacial score (nSPS) is 23.1. The molecule has 0 saturated carbocycles. The van der Waals surface area contributed by atoms with Crippen molar-refractivity contribution in [3.63, 3.8) is 0 Å². The van der Waals surface area contributed by atoms with Gasteiger partial charge in [-0.25, -0.2) is 4.79 Å². The average molecular weight is 155 g/mol. The first-order chi connectivity index (χ1) is 5.33. The molecule has 62 valence electrons. The van der Waals surface area contributed by atoms with Crippen LogP contribution >= 0.6 is 0 Å². The van der Waals surface area contributed by atoms with Crippen LogP contribution in [-0.4, -0.2) is 25.2 Å². The lowest BCUT2D eigenvalue weighted by Crippen LogP contribution is -2.27. The third kappa shape index (κ3) is 2.72. The molecule has 0 aromatic heterocycles. The van der Waals surface area contributed by atoms with Crippen LogP contribution in [0.2, 0.25) is 0 Å². The molecule has 1 rings (SSSR count). The van der Waals surface area contributed by atoms with E-state index >= 15 is 0 Å². The van der Waals surface area contributed by atoms with Gasteiger partial charge in [-0.2, -0.15) is 0 Å². The van der Waals surface area contributed by atoms with Crippen molar-refractivity contribution >= 4 is 5.97 Å². The van der Waals surface area contributed by atoms with Crippen LogP contribution in [0, 0.1) is 0 Å². The Labute approximate surface area is 66.4 Å². The van der Waals surface area contributed by atoms with Crippen molar-refractivity contribution in [2.24, 2.45) is 0 Å². The standard InChI is InChI=1S/C8H13NO2/c1-2-8(10)11-6-7-4-3-5-9-7/h2,7,9H,1,3-6H2. The smallest absolute Gasteiger partial charge is 0.330 e. The predicted molar refractivity (Wildman–Crippen MR) is 42.2 cm³/mol. The molecular weight excluding hydrogens is 142 g/mol. The second kappa shape index (κ2) is 4.13. The molecule has 0 amide bonds. The maximum absolute atomic E-state index is 10.6. The summed E-state index contributed by atoms with van der Waals surface area (Å²) in [5.74, 6) is -0.335. The lowest BCUT2D eigenvalue weighted by atomic mass is 10.2.